The standard InChI is InChI=1S/C24H25N3O5S/c1-17-11-13-20(14-12-17)33(30,31)27-21(15-18-7-4-3-5-8-18)24(29)26-25-16-19-9-6-10-22(32-2)23(19)28/h3-14,16,21,27-28H,15H2,1-2H3,(H,26,29)/b25-16+. The summed E-state index contributed by atoms with van der Waals surface area (Å²) in [7, 11) is -2.53. The van der Waals surface area contributed by atoms with Crippen molar-refractivity contribution >= 4 is 22.1 Å². The van der Waals surface area contributed by atoms with Gasteiger partial charge in [-0.15, -0.1) is 0 Å². The number of hydrogen-bond acceptors (Lipinski definition) is 6. The average molecular weight is 468 g/mol. The van der Waals surface area contributed by atoms with Crippen LogP contribution in [0.2, 0.25) is 0 Å². The first kappa shape index (κ1) is 24.0. The molecule has 0 aliphatic carbocycles. The van der Waals surface area contributed by atoms with Crippen LogP contribution in [0.1, 0.15) is 16.7 Å². The van der Waals surface area contributed by atoms with Gasteiger partial charge in [0.05, 0.1) is 18.2 Å². The Labute approximate surface area is 193 Å². The van der Waals surface area contributed by atoms with Crippen molar-refractivity contribution in [3.63, 3.8) is 0 Å². The third kappa shape index (κ3) is 6.41. The maximum absolute atomic E-state index is 12.9. The van der Waals surface area contributed by atoms with Crippen LogP contribution >= 0.6 is 0 Å². The van der Waals surface area contributed by atoms with Crippen molar-refractivity contribution in [2.45, 2.75) is 24.3 Å². The zero-order valence-electron chi connectivity index (χ0n) is 18.2. The number of aromatic hydroxyl groups is 1. The van der Waals surface area contributed by atoms with Gasteiger partial charge in [0.2, 0.25) is 10.0 Å². The topological polar surface area (TPSA) is 117 Å². The molecule has 1 atom stereocenters. The molecule has 0 saturated heterocycles. The molecule has 3 rings (SSSR count). The van der Waals surface area contributed by atoms with Gasteiger partial charge in [-0.25, -0.2) is 13.8 Å². The van der Waals surface area contributed by atoms with E-state index in [1.807, 2.05) is 25.1 Å². The number of ether oxygens (including phenoxy) is 1. The number of para-hydroxylation sites is 1. The monoisotopic (exact) mass is 467 g/mol. The second kappa shape index (κ2) is 10.8. The fourth-order valence-corrected chi connectivity index (χ4v) is 4.26. The Hall–Kier alpha value is -3.69. The predicted molar refractivity (Wildman–Crippen MR) is 126 cm³/mol. The van der Waals surface area contributed by atoms with Crippen molar-refractivity contribution in [1.82, 2.24) is 10.1 Å². The van der Waals surface area contributed by atoms with Gasteiger partial charge in [-0.05, 0) is 43.2 Å². The molecule has 3 N–H and O–H groups in total. The lowest BCUT2D eigenvalue weighted by Gasteiger charge is -2.17. The number of carbonyl (C=O) groups excluding carboxylic acids is 1. The molecule has 8 nitrogen and oxygen atoms in total. The highest BCUT2D eigenvalue weighted by molar-refractivity contribution is 7.89. The van der Waals surface area contributed by atoms with Crippen LogP contribution < -0.4 is 14.9 Å². The van der Waals surface area contributed by atoms with E-state index in [2.05, 4.69) is 15.2 Å². The minimum absolute atomic E-state index is 0.0590. The lowest BCUT2D eigenvalue weighted by molar-refractivity contribution is -0.122. The summed E-state index contributed by atoms with van der Waals surface area (Å²) in [4.78, 5) is 12.9. The van der Waals surface area contributed by atoms with E-state index in [-0.39, 0.29) is 22.8 Å². The van der Waals surface area contributed by atoms with Gasteiger partial charge >= 0.3 is 0 Å². The number of rotatable bonds is 9. The summed E-state index contributed by atoms with van der Waals surface area (Å²) in [5.41, 5.74) is 4.37. The lowest BCUT2D eigenvalue weighted by atomic mass is 10.1. The van der Waals surface area contributed by atoms with Crippen LogP contribution in [0.25, 0.3) is 0 Å². The molecule has 3 aromatic carbocycles. The fourth-order valence-electron chi connectivity index (χ4n) is 3.06. The summed E-state index contributed by atoms with van der Waals surface area (Å²) < 4.78 is 33.3. The molecule has 0 radical (unpaired) electrons. The number of sulfonamides is 1. The zero-order chi connectivity index (χ0) is 23.8. The molecule has 0 aliphatic rings. The van der Waals surface area contributed by atoms with Crippen LogP contribution in [0, 0.1) is 6.92 Å². The molecule has 9 heteroatoms. The maximum Gasteiger partial charge on any atom is 0.258 e. The molecular formula is C24H25N3O5S. The minimum atomic E-state index is -3.95. The van der Waals surface area contributed by atoms with Crippen molar-refractivity contribution in [3.8, 4) is 11.5 Å². The van der Waals surface area contributed by atoms with E-state index in [1.54, 1.807) is 42.5 Å². The van der Waals surface area contributed by atoms with Crippen molar-refractivity contribution < 1.29 is 23.1 Å². The van der Waals surface area contributed by atoms with Crippen molar-refractivity contribution in [1.29, 1.82) is 0 Å². The average Bonchev–Trinajstić information content (AvgIpc) is 2.80. The van der Waals surface area contributed by atoms with Crippen molar-refractivity contribution in [3.05, 3.63) is 89.5 Å². The van der Waals surface area contributed by atoms with E-state index in [0.717, 1.165) is 11.1 Å². The Bertz CT molecular complexity index is 1230. The summed E-state index contributed by atoms with van der Waals surface area (Å²) in [6.45, 7) is 1.85. The van der Waals surface area contributed by atoms with E-state index >= 15 is 0 Å². The molecule has 0 aliphatic heterocycles. The summed E-state index contributed by atoms with van der Waals surface area (Å²) in [5, 5.41) is 14.0. The molecule has 1 unspecified atom stereocenters. The number of benzene rings is 3. The molecule has 0 spiro atoms. The summed E-state index contributed by atoms with van der Waals surface area (Å²) in [5.74, 6) is -0.509. The maximum atomic E-state index is 12.9. The van der Waals surface area contributed by atoms with E-state index in [9.17, 15) is 18.3 Å². The van der Waals surface area contributed by atoms with Crippen molar-refractivity contribution in [2.75, 3.05) is 7.11 Å². The third-order valence-electron chi connectivity index (χ3n) is 4.86. The van der Waals surface area contributed by atoms with E-state index in [4.69, 9.17) is 4.74 Å². The molecule has 0 heterocycles. The first-order chi connectivity index (χ1) is 15.8. The molecule has 0 saturated carbocycles. The molecule has 0 bridgehead atoms. The van der Waals surface area contributed by atoms with Gasteiger partial charge in [0, 0.05) is 5.56 Å². The summed E-state index contributed by atoms with van der Waals surface area (Å²) in [6.07, 6.45) is 1.38. The molecule has 0 fully saturated rings. The number of carbonyl (C=O) groups is 1. The Morgan fingerprint density at radius 2 is 1.76 bits per heavy atom. The normalized spacial score (nSPS) is 12.4. The Balaban J connectivity index is 1.80. The van der Waals surface area contributed by atoms with Crippen LogP contribution in [0.4, 0.5) is 0 Å². The molecule has 33 heavy (non-hydrogen) atoms. The summed E-state index contributed by atoms with van der Waals surface area (Å²) in [6, 6.07) is 19.1. The molecule has 172 valence electrons. The molecular weight excluding hydrogens is 442 g/mol. The number of methoxy groups -OCH3 is 1. The van der Waals surface area contributed by atoms with Gasteiger partial charge in [-0.2, -0.15) is 9.82 Å². The second-order valence-electron chi connectivity index (χ2n) is 7.31. The van der Waals surface area contributed by atoms with Crippen LogP contribution in [0.15, 0.2) is 82.8 Å². The second-order valence-corrected chi connectivity index (χ2v) is 9.02. The third-order valence-corrected chi connectivity index (χ3v) is 6.34. The number of nitrogens with one attached hydrogen (secondary N) is 2. The number of amides is 1. The molecule has 3 aromatic rings. The highest BCUT2D eigenvalue weighted by Crippen LogP contribution is 2.27. The number of hydrogen-bond donors (Lipinski definition) is 3. The lowest BCUT2D eigenvalue weighted by Crippen LogP contribution is -2.46. The first-order valence-corrected chi connectivity index (χ1v) is 11.6. The highest BCUT2D eigenvalue weighted by Gasteiger charge is 2.26. The Morgan fingerprint density at radius 3 is 2.42 bits per heavy atom. The Morgan fingerprint density at radius 1 is 1.06 bits per heavy atom. The molecule has 0 aromatic heterocycles. The number of phenolic OH excluding ortho intramolecular Hbond substituents is 1. The van der Waals surface area contributed by atoms with Crippen LogP contribution in [-0.4, -0.2) is 38.8 Å². The van der Waals surface area contributed by atoms with E-state index in [1.165, 1.54) is 25.5 Å². The smallest absolute Gasteiger partial charge is 0.258 e. The van der Waals surface area contributed by atoms with Gasteiger partial charge in [0.15, 0.2) is 11.5 Å². The van der Waals surface area contributed by atoms with Crippen molar-refractivity contribution in [2.24, 2.45) is 5.10 Å². The quantitative estimate of drug-likeness (QED) is 0.330. The van der Waals surface area contributed by atoms with Gasteiger partial charge in [0.25, 0.3) is 5.91 Å². The van der Waals surface area contributed by atoms with Crippen LogP contribution in [-0.2, 0) is 21.2 Å². The largest absolute Gasteiger partial charge is 0.504 e. The number of nitrogens with zero attached hydrogens (tertiary/aromatic N) is 1. The van der Waals surface area contributed by atoms with Crippen LogP contribution in [0.3, 0.4) is 0 Å². The first-order valence-electron chi connectivity index (χ1n) is 10.1. The Kier molecular flexibility index (Phi) is 7.81. The fraction of sp³-hybridized carbons (Fsp3) is 0.167. The number of aryl methyl sites for hydroxylation is 1. The molecule has 1 amide bonds. The number of hydrazone groups is 1. The minimum Gasteiger partial charge on any atom is -0.504 e. The number of phenols is 1. The van der Waals surface area contributed by atoms with Gasteiger partial charge in [-0.3, -0.25) is 4.79 Å². The highest BCUT2D eigenvalue weighted by atomic mass is 32.2. The predicted octanol–water partition coefficient (Wildman–Crippen LogP) is 2.75. The van der Waals surface area contributed by atoms with E-state index < -0.39 is 22.0 Å². The summed E-state index contributed by atoms with van der Waals surface area (Å²) >= 11 is 0. The van der Waals surface area contributed by atoms with E-state index in [0.29, 0.717) is 5.56 Å². The van der Waals surface area contributed by atoms with Crippen LogP contribution in [0.5, 0.6) is 11.5 Å². The van der Waals surface area contributed by atoms with Gasteiger partial charge in [0.1, 0.15) is 6.04 Å². The van der Waals surface area contributed by atoms with Gasteiger partial charge in [-0.1, -0.05) is 54.1 Å². The van der Waals surface area contributed by atoms with Gasteiger partial charge < -0.3 is 9.84 Å². The SMILES string of the molecule is COc1cccc(/C=N/NC(=O)C(Cc2ccccc2)NS(=O)(=O)c2ccc(C)cc2)c1O. The zero-order valence-corrected chi connectivity index (χ0v) is 19.0.